The molecule has 0 radical (unpaired) electrons. The molecule has 2 N–H and O–H groups in total. The molecule has 0 amide bonds. The molecule has 1 aromatic carbocycles. The van der Waals surface area contributed by atoms with Gasteiger partial charge in [-0.3, -0.25) is 0 Å². The van der Waals surface area contributed by atoms with Crippen molar-refractivity contribution < 1.29 is 9.50 Å². The molecule has 2 aromatic heterocycles. The number of fused-ring (bicyclic) bond motifs is 2. The van der Waals surface area contributed by atoms with E-state index in [2.05, 4.69) is 35.9 Å². The Kier molecular flexibility index (Phi) is 5.00. The van der Waals surface area contributed by atoms with Crippen molar-refractivity contribution in [2.45, 2.75) is 56.4 Å². The molecule has 2 aliphatic rings. The molecule has 11 heteroatoms. The number of benzene rings is 1. The smallest absolute Gasteiger partial charge is 0.205 e. The van der Waals surface area contributed by atoms with Crippen molar-refractivity contribution in [3.63, 3.8) is 0 Å². The van der Waals surface area contributed by atoms with E-state index in [0.717, 1.165) is 25.7 Å². The Balaban J connectivity index is 1.36. The quantitative estimate of drug-likeness (QED) is 0.628. The van der Waals surface area contributed by atoms with Crippen molar-refractivity contribution in [1.82, 2.24) is 40.7 Å². The zero-order valence-electron chi connectivity index (χ0n) is 18.3. The summed E-state index contributed by atoms with van der Waals surface area (Å²) in [6, 6.07) is 5.01. The van der Waals surface area contributed by atoms with Crippen LogP contribution >= 0.6 is 0 Å². The van der Waals surface area contributed by atoms with Crippen LogP contribution in [0.15, 0.2) is 24.4 Å². The average molecular weight is 439 g/mol. The first-order valence-corrected chi connectivity index (χ1v) is 10.8. The summed E-state index contributed by atoms with van der Waals surface area (Å²) in [7, 11) is 3.51. The van der Waals surface area contributed by atoms with Crippen LogP contribution in [0.2, 0.25) is 0 Å². The van der Waals surface area contributed by atoms with Crippen LogP contribution in [0.5, 0.6) is 5.75 Å². The first kappa shape index (κ1) is 20.7. The van der Waals surface area contributed by atoms with Gasteiger partial charge in [0.1, 0.15) is 11.9 Å². The maximum absolute atomic E-state index is 15.4. The minimum atomic E-state index is -1.02. The van der Waals surface area contributed by atoms with Gasteiger partial charge in [0, 0.05) is 24.2 Å². The number of phenols is 1. The topological polar surface area (TPSA) is 118 Å². The van der Waals surface area contributed by atoms with E-state index in [1.54, 1.807) is 25.4 Å². The van der Waals surface area contributed by atoms with Gasteiger partial charge in [-0.05, 0) is 50.0 Å². The van der Waals surface area contributed by atoms with Crippen LogP contribution in [0.4, 0.5) is 10.2 Å². The number of alkyl halides is 1. The van der Waals surface area contributed by atoms with Crippen molar-refractivity contribution in [2.24, 2.45) is 7.05 Å². The second kappa shape index (κ2) is 7.73. The number of nitrogens with one attached hydrogen (secondary N) is 1. The number of hydrogen-bond acceptors (Lipinski definition) is 9. The van der Waals surface area contributed by atoms with Crippen LogP contribution in [0.3, 0.4) is 0 Å². The minimum absolute atomic E-state index is 0.0132. The molecule has 10 nitrogen and oxygen atoms in total. The largest absolute Gasteiger partial charge is 0.507 e. The van der Waals surface area contributed by atoms with Gasteiger partial charge in [0.2, 0.25) is 5.82 Å². The predicted molar refractivity (Wildman–Crippen MR) is 116 cm³/mol. The molecule has 32 heavy (non-hydrogen) atoms. The number of aryl methyl sites for hydroxylation is 1. The molecular weight excluding hydrogens is 413 g/mol. The fourth-order valence-electron chi connectivity index (χ4n) is 4.89. The van der Waals surface area contributed by atoms with Crippen molar-refractivity contribution in [3.05, 3.63) is 24.4 Å². The Hall–Kier alpha value is -3.21. The summed E-state index contributed by atoms with van der Waals surface area (Å²) >= 11 is 0. The van der Waals surface area contributed by atoms with Gasteiger partial charge in [-0.2, -0.15) is 4.80 Å². The van der Waals surface area contributed by atoms with Crippen molar-refractivity contribution in [2.75, 3.05) is 11.9 Å². The van der Waals surface area contributed by atoms with Crippen molar-refractivity contribution >= 4 is 5.82 Å². The van der Waals surface area contributed by atoms with E-state index in [0.29, 0.717) is 28.8 Å². The van der Waals surface area contributed by atoms with Gasteiger partial charge >= 0.3 is 0 Å². The summed E-state index contributed by atoms with van der Waals surface area (Å²) in [4.78, 5) is 7.58. The molecule has 2 bridgehead atoms. The molecular formula is C21H26FN9O. The van der Waals surface area contributed by atoms with Gasteiger partial charge in [-0.1, -0.05) is 6.07 Å². The molecule has 4 heterocycles. The lowest BCUT2D eigenvalue weighted by Gasteiger charge is -2.52. The molecule has 0 spiro atoms. The van der Waals surface area contributed by atoms with Gasteiger partial charge in [0.25, 0.3) is 0 Å². The lowest BCUT2D eigenvalue weighted by Crippen LogP contribution is -2.68. The van der Waals surface area contributed by atoms with Crippen LogP contribution < -0.4 is 10.2 Å². The summed E-state index contributed by atoms with van der Waals surface area (Å²) in [5, 5.41) is 34.3. The number of anilines is 1. The summed E-state index contributed by atoms with van der Waals surface area (Å²) in [6.45, 7) is 1.97. The Morgan fingerprint density at radius 3 is 2.78 bits per heavy atom. The van der Waals surface area contributed by atoms with Gasteiger partial charge < -0.3 is 15.3 Å². The first-order chi connectivity index (χ1) is 15.3. The molecule has 2 fully saturated rings. The van der Waals surface area contributed by atoms with E-state index in [-0.39, 0.29) is 17.6 Å². The van der Waals surface area contributed by atoms with Gasteiger partial charge in [-0.25, -0.2) is 9.37 Å². The molecule has 0 aliphatic carbocycles. The van der Waals surface area contributed by atoms with E-state index >= 15 is 4.39 Å². The lowest BCUT2D eigenvalue weighted by atomic mass is 9.73. The second-order valence-electron chi connectivity index (χ2n) is 8.94. The SMILES string of the molecule is CN(c1cnc(-c2ccc(-c3nnn(C)n3)cc2O)nn1)[C@@H]1C[C@@H]2CCC[C@](C)(N2)[C@@H]1F. The van der Waals surface area contributed by atoms with Crippen molar-refractivity contribution in [1.29, 1.82) is 0 Å². The van der Waals surface area contributed by atoms with Gasteiger partial charge in [0.15, 0.2) is 11.6 Å². The summed E-state index contributed by atoms with van der Waals surface area (Å²) < 4.78 is 15.4. The Labute approximate surface area is 184 Å². The highest BCUT2D eigenvalue weighted by Crippen LogP contribution is 2.38. The zero-order chi connectivity index (χ0) is 22.5. The Bertz CT molecular complexity index is 1120. The van der Waals surface area contributed by atoms with Crippen LogP contribution in [0.25, 0.3) is 22.8 Å². The third-order valence-corrected chi connectivity index (χ3v) is 6.67. The highest BCUT2D eigenvalue weighted by molar-refractivity contribution is 5.69. The van der Waals surface area contributed by atoms with E-state index in [9.17, 15) is 5.11 Å². The number of piperidine rings is 2. The third-order valence-electron chi connectivity index (χ3n) is 6.67. The van der Waals surface area contributed by atoms with E-state index in [1.807, 2.05) is 18.9 Å². The van der Waals surface area contributed by atoms with Gasteiger partial charge in [-0.15, -0.1) is 20.4 Å². The number of rotatable bonds is 4. The molecule has 0 unspecified atom stereocenters. The van der Waals surface area contributed by atoms with Gasteiger partial charge in [0.05, 0.1) is 24.8 Å². The summed E-state index contributed by atoms with van der Waals surface area (Å²) in [6.07, 6.45) is 4.22. The second-order valence-corrected chi connectivity index (χ2v) is 8.94. The molecule has 3 aromatic rings. The normalized spacial score (nSPS) is 27.3. The summed E-state index contributed by atoms with van der Waals surface area (Å²) in [5.74, 6) is 1.18. The Morgan fingerprint density at radius 2 is 2.09 bits per heavy atom. The molecule has 0 saturated carbocycles. The number of aromatic hydroxyl groups is 1. The molecule has 4 atom stereocenters. The third kappa shape index (κ3) is 3.56. The van der Waals surface area contributed by atoms with Crippen LogP contribution in [-0.2, 0) is 7.05 Å². The zero-order valence-corrected chi connectivity index (χ0v) is 18.3. The number of tetrazole rings is 1. The number of aromatic nitrogens is 7. The molecule has 2 saturated heterocycles. The van der Waals surface area contributed by atoms with Crippen LogP contribution in [0, 0.1) is 0 Å². The van der Waals surface area contributed by atoms with E-state index < -0.39 is 11.7 Å². The number of hydrogen-bond donors (Lipinski definition) is 2. The van der Waals surface area contributed by atoms with Crippen LogP contribution in [-0.4, -0.2) is 71.3 Å². The van der Waals surface area contributed by atoms with Crippen molar-refractivity contribution in [3.8, 4) is 28.5 Å². The average Bonchev–Trinajstić information content (AvgIpc) is 3.22. The number of phenolic OH excluding ortho intramolecular Hbond substituents is 1. The predicted octanol–water partition coefficient (Wildman–Crippen LogP) is 1.88. The van der Waals surface area contributed by atoms with E-state index in [1.165, 1.54) is 10.9 Å². The van der Waals surface area contributed by atoms with Crippen LogP contribution in [0.1, 0.15) is 32.6 Å². The molecule has 5 rings (SSSR count). The minimum Gasteiger partial charge on any atom is -0.507 e. The lowest BCUT2D eigenvalue weighted by molar-refractivity contribution is 0.0405. The standard InChI is InChI=1S/C21H26FN9O/c1-21-8-4-5-13(24-21)10-15(18(21)22)30(2)17-11-23-20(26-25-17)14-7-6-12(9-16(14)32)19-27-29-31(3)28-19/h6-7,9,11,13,15,18,24,32H,4-5,8,10H2,1-3H3/t13-,15+,18+,21-/m0/s1. The fourth-order valence-corrected chi connectivity index (χ4v) is 4.89. The maximum atomic E-state index is 15.4. The Morgan fingerprint density at radius 1 is 1.25 bits per heavy atom. The molecule has 168 valence electrons. The summed E-state index contributed by atoms with van der Waals surface area (Å²) in [5.41, 5.74) is 0.557. The van der Waals surface area contributed by atoms with E-state index in [4.69, 9.17) is 0 Å². The monoisotopic (exact) mass is 439 g/mol. The first-order valence-electron chi connectivity index (χ1n) is 10.8. The molecule has 2 aliphatic heterocycles. The highest BCUT2D eigenvalue weighted by Gasteiger charge is 2.49. The number of nitrogens with zero attached hydrogens (tertiary/aromatic N) is 8. The number of halogens is 1. The fraction of sp³-hybridized carbons (Fsp3) is 0.524. The highest BCUT2D eigenvalue weighted by atomic mass is 19.1. The maximum Gasteiger partial charge on any atom is 0.205 e.